The van der Waals surface area contributed by atoms with E-state index in [2.05, 4.69) is 128 Å². The van der Waals surface area contributed by atoms with Crippen LogP contribution in [0.4, 0.5) is 0 Å². The molecule has 0 nitrogen and oxygen atoms in total. The molecule has 149 valence electrons. The van der Waals surface area contributed by atoms with Crippen LogP contribution in [0.25, 0.3) is 11.1 Å². The minimum absolute atomic E-state index is 0.983. The highest BCUT2D eigenvalue weighted by Gasteiger charge is 2.30. The van der Waals surface area contributed by atoms with Gasteiger partial charge in [0.05, 0.1) is 0 Å². The Morgan fingerprint density at radius 3 is 1.71 bits per heavy atom. The molecule has 0 saturated heterocycles. The van der Waals surface area contributed by atoms with E-state index < -0.39 is 8.80 Å². The Labute approximate surface area is 186 Å². The highest BCUT2D eigenvalue weighted by atomic mass is 28.3. The van der Waals surface area contributed by atoms with E-state index in [9.17, 15) is 0 Å². The molecule has 0 aromatic heterocycles. The molecule has 0 atom stereocenters. The minimum atomic E-state index is -1.12. The van der Waals surface area contributed by atoms with Crippen LogP contribution in [0.2, 0.25) is 0 Å². The van der Waals surface area contributed by atoms with Crippen LogP contribution in [0, 0.1) is 6.92 Å². The van der Waals surface area contributed by atoms with Crippen molar-refractivity contribution in [1.82, 2.24) is 0 Å². The molecule has 0 N–H and O–H groups in total. The fraction of sp³-hybridized carbons (Fsp3) is 0.0667. The van der Waals surface area contributed by atoms with E-state index in [1.807, 2.05) is 0 Å². The quantitative estimate of drug-likeness (QED) is 0.348. The molecule has 1 aliphatic rings. The van der Waals surface area contributed by atoms with Crippen LogP contribution >= 0.6 is 0 Å². The third kappa shape index (κ3) is 3.97. The number of hydrogen-bond acceptors (Lipinski definition) is 0. The zero-order valence-corrected chi connectivity index (χ0v) is 18.8. The van der Waals surface area contributed by atoms with Crippen LogP contribution in [-0.4, -0.2) is 8.80 Å². The maximum atomic E-state index is 2.49. The minimum Gasteiger partial charge on any atom is -0.0796 e. The summed E-state index contributed by atoms with van der Waals surface area (Å²) >= 11 is 0. The van der Waals surface area contributed by atoms with E-state index in [1.54, 1.807) is 0 Å². The summed E-state index contributed by atoms with van der Waals surface area (Å²) in [5, 5.41) is 4.37. The van der Waals surface area contributed by atoms with Gasteiger partial charge >= 0.3 is 0 Å². The lowest BCUT2D eigenvalue weighted by Gasteiger charge is -2.22. The van der Waals surface area contributed by atoms with Crippen LogP contribution < -0.4 is 10.4 Å². The Morgan fingerprint density at radius 2 is 1.13 bits per heavy atom. The Balaban J connectivity index is 1.73. The maximum Gasteiger partial charge on any atom is 0.154 e. The molecular weight excluding hydrogens is 388 g/mol. The Morgan fingerprint density at radius 1 is 0.581 bits per heavy atom. The summed E-state index contributed by atoms with van der Waals surface area (Å²) in [5.41, 5.74) is 6.83. The first kappa shape index (κ1) is 19.5. The predicted molar refractivity (Wildman–Crippen MR) is 135 cm³/mol. The van der Waals surface area contributed by atoms with Crippen LogP contribution in [0.3, 0.4) is 0 Å². The van der Waals surface area contributed by atoms with Gasteiger partial charge in [0, 0.05) is 0 Å². The largest absolute Gasteiger partial charge is 0.154 e. The van der Waals surface area contributed by atoms with Crippen LogP contribution in [0.1, 0.15) is 23.1 Å². The normalized spacial score (nSPS) is 13.5. The molecule has 0 fully saturated rings. The van der Waals surface area contributed by atoms with Gasteiger partial charge < -0.3 is 0 Å². The predicted octanol–water partition coefficient (Wildman–Crippen LogP) is 6.08. The van der Waals surface area contributed by atoms with E-state index in [0.29, 0.717) is 0 Å². The lowest BCUT2D eigenvalue weighted by Crippen LogP contribution is -2.44. The second-order valence-corrected chi connectivity index (χ2v) is 10.5. The summed E-state index contributed by atoms with van der Waals surface area (Å²) in [6, 6.07) is 42.0. The van der Waals surface area contributed by atoms with Gasteiger partial charge in [-0.3, -0.25) is 0 Å². The van der Waals surface area contributed by atoms with Crippen LogP contribution in [0.5, 0.6) is 0 Å². The Hall–Kier alpha value is -3.42. The van der Waals surface area contributed by atoms with Crippen molar-refractivity contribution in [2.45, 2.75) is 13.3 Å². The van der Waals surface area contributed by atoms with Gasteiger partial charge in [-0.25, -0.2) is 0 Å². The van der Waals surface area contributed by atoms with Gasteiger partial charge in [-0.1, -0.05) is 137 Å². The highest BCUT2D eigenvalue weighted by molar-refractivity contribution is 6.93. The Kier molecular flexibility index (Phi) is 5.51. The van der Waals surface area contributed by atoms with Gasteiger partial charge in [0.15, 0.2) is 8.80 Å². The van der Waals surface area contributed by atoms with Gasteiger partial charge in [-0.05, 0) is 40.8 Å². The van der Waals surface area contributed by atoms with E-state index in [0.717, 1.165) is 6.42 Å². The van der Waals surface area contributed by atoms with Crippen molar-refractivity contribution in [3.63, 3.8) is 0 Å². The van der Waals surface area contributed by atoms with Gasteiger partial charge in [0.25, 0.3) is 0 Å². The first-order valence-electron chi connectivity index (χ1n) is 10.9. The van der Waals surface area contributed by atoms with E-state index in [4.69, 9.17) is 0 Å². The van der Waals surface area contributed by atoms with Crippen molar-refractivity contribution < 1.29 is 0 Å². The summed E-state index contributed by atoms with van der Waals surface area (Å²) in [4.78, 5) is 0. The molecule has 4 aromatic carbocycles. The number of aryl methyl sites for hydroxylation is 1. The maximum absolute atomic E-state index is 2.49. The molecule has 5 rings (SSSR count). The van der Waals surface area contributed by atoms with E-state index in [-0.39, 0.29) is 0 Å². The van der Waals surface area contributed by atoms with Gasteiger partial charge in [-0.15, -0.1) is 0 Å². The lowest BCUT2D eigenvalue weighted by molar-refractivity contribution is 1.39. The molecule has 0 spiro atoms. The summed E-state index contributed by atoms with van der Waals surface area (Å²) in [7, 11) is -1.12. The lowest BCUT2D eigenvalue weighted by atomic mass is 9.96. The van der Waals surface area contributed by atoms with Gasteiger partial charge in [0.2, 0.25) is 0 Å². The second kappa shape index (κ2) is 8.75. The van der Waals surface area contributed by atoms with Gasteiger partial charge in [0.1, 0.15) is 0 Å². The topological polar surface area (TPSA) is 0 Å². The summed E-state index contributed by atoms with van der Waals surface area (Å²) in [5.74, 6) is 0. The molecule has 0 aliphatic heterocycles. The highest BCUT2D eigenvalue weighted by Crippen LogP contribution is 2.41. The third-order valence-electron chi connectivity index (χ3n) is 5.90. The SMILES string of the molecule is Cc1cccc(C2=C(c3ccccc3)C([Si](c3ccccc3)c3ccccc3)=CC2)c1. The fourth-order valence-corrected chi connectivity index (χ4v) is 7.37. The number of allylic oxidation sites excluding steroid dienone is 4. The average molecular weight is 414 g/mol. The molecule has 1 radical (unpaired) electrons. The summed E-state index contributed by atoms with van der Waals surface area (Å²) in [6.45, 7) is 2.18. The van der Waals surface area contributed by atoms with Crippen LogP contribution in [0.15, 0.2) is 127 Å². The van der Waals surface area contributed by atoms with Crippen molar-refractivity contribution in [2.75, 3.05) is 0 Å². The first-order valence-corrected chi connectivity index (χ1v) is 12.4. The summed E-state index contributed by atoms with van der Waals surface area (Å²) < 4.78 is 0. The number of benzene rings is 4. The summed E-state index contributed by atoms with van der Waals surface area (Å²) in [6.07, 6.45) is 3.48. The van der Waals surface area contributed by atoms with E-state index in [1.165, 1.54) is 43.4 Å². The van der Waals surface area contributed by atoms with Crippen molar-refractivity contribution in [1.29, 1.82) is 0 Å². The number of rotatable bonds is 5. The molecule has 31 heavy (non-hydrogen) atoms. The molecule has 0 unspecified atom stereocenters. The standard InChI is InChI=1S/C30H25Si/c1-23-12-11-15-25(22-23)28-20-21-29(30(28)24-13-5-2-6-14-24)31(26-16-7-3-8-17-26)27-18-9-4-10-19-27/h2-19,21-22H,20H2,1H3. The van der Waals surface area contributed by atoms with Crippen molar-refractivity contribution in [3.8, 4) is 0 Å². The zero-order valence-electron chi connectivity index (χ0n) is 17.8. The molecule has 1 heteroatoms. The molecule has 0 heterocycles. The van der Waals surface area contributed by atoms with Gasteiger partial charge in [-0.2, -0.15) is 0 Å². The van der Waals surface area contributed by atoms with Crippen molar-refractivity contribution in [2.24, 2.45) is 0 Å². The average Bonchev–Trinajstić information content (AvgIpc) is 3.26. The third-order valence-corrected chi connectivity index (χ3v) is 8.72. The molecule has 0 amide bonds. The van der Waals surface area contributed by atoms with Crippen LogP contribution in [-0.2, 0) is 0 Å². The van der Waals surface area contributed by atoms with Crippen molar-refractivity contribution in [3.05, 3.63) is 143 Å². The molecule has 0 saturated carbocycles. The zero-order chi connectivity index (χ0) is 21.0. The second-order valence-electron chi connectivity index (χ2n) is 8.02. The molecule has 1 aliphatic carbocycles. The molecule has 4 aromatic rings. The van der Waals surface area contributed by atoms with Crippen molar-refractivity contribution >= 4 is 30.3 Å². The first-order chi connectivity index (χ1) is 15.3. The smallest absolute Gasteiger partial charge is 0.0796 e. The molecule has 0 bridgehead atoms. The molecular formula is C30H25Si. The monoisotopic (exact) mass is 413 g/mol. The Bertz CT molecular complexity index is 1200. The van der Waals surface area contributed by atoms with E-state index >= 15 is 0 Å². The fourth-order valence-electron chi connectivity index (χ4n) is 4.51. The number of hydrogen-bond donors (Lipinski definition) is 0.